The van der Waals surface area contributed by atoms with Crippen LogP contribution in [0.1, 0.15) is 18.4 Å². The van der Waals surface area contributed by atoms with Crippen LogP contribution in [-0.4, -0.2) is 85.1 Å². The summed E-state index contributed by atoms with van der Waals surface area (Å²) >= 11 is 0. The molecular weight excluding hydrogens is 405 g/mol. The normalized spacial score (nSPS) is 23.8. The lowest BCUT2D eigenvalue weighted by molar-refractivity contribution is -0.192. The van der Waals surface area contributed by atoms with Crippen molar-refractivity contribution in [2.45, 2.75) is 43.8 Å². The van der Waals surface area contributed by atoms with Crippen LogP contribution in [0.3, 0.4) is 0 Å². The topological polar surface area (TPSA) is 79.3 Å². The van der Waals surface area contributed by atoms with Gasteiger partial charge < -0.3 is 19.5 Å². The molecule has 7 nitrogen and oxygen atoms in total. The Kier molecular flexibility index (Phi) is 8.63. The van der Waals surface area contributed by atoms with Crippen LogP contribution >= 0.6 is 0 Å². The van der Waals surface area contributed by atoms with Crippen molar-refractivity contribution in [2.75, 3.05) is 33.9 Å². The maximum absolute atomic E-state index is 11.8. The summed E-state index contributed by atoms with van der Waals surface area (Å²) < 4.78 is 43.6. The van der Waals surface area contributed by atoms with Crippen molar-refractivity contribution in [3.8, 4) is 0 Å². The third kappa shape index (κ3) is 6.96. The highest BCUT2D eigenvalue weighted by Gasteiger charge is 2.44. The number of halogens is 3. The number of fused-ring (bicyclic) bond motifs is 1. The van der Waals surface area contributed by atoms with Gasteiger partial charge in [-0.25, -0.2) is 4.79 Å². The zero-order chi connectivity index (χ0) is 22.3. The van der Waals surface area contributed by atoms with Crippen LogP contribution in [0.5, 0.6) is 0 Å². The second-order valence-corrected chi connectivity index (χ2v) is 7.40. The summed E-state index contributed by atoms with van der Waals surface area (Å²) in [6.07, 6.45) is -2.79. The Morgan fingerprint density at radius 3 is 2.47 bits per heavy atom. The summed E-state index contributed by atoms with van der Waals surface area (Å²) in [6, 6.07) is 10.9. The van der Waals surface area contributed by atoms with E-state index >= 15 is 0 Å². The van der Waals surface area contributed by atoms with Gasteiger partial charge in [0.05, 0.1) is 6.10 Å². The van der Waals surface area contributed by atoms with Crippen LogP contribution in [0, 0.1) is 0 Å². The maximum atomic E-state index is 11.8. The molecule has 3 rings (SSSR count). The first kappa shape index (κ1) is 24.1. The van der Waals surface area contributed by atoms with Crippen LogP contribution < -0.4 is 0 Å². The fraction of sp³-hybridized carbons (Fsp3) is 0.600. The molecule has 1 N–H and O–H groups in total. The molecule has 3 atom stereocenters. The molecule has 30 heavy (non-hydrogen) atoms. The fourth-order valence-corrected chi connectivity index (χ4v) is 3.46. The van der Waals surface area contributed by atoms with E-state index in [1.165, 1.54) is 5.56 Å². The highest BCUT2D eigenvalue weighted by atomic mass is 19.4. The number of hydrogen-bond donors (Lipinski definition) is 1. The first-order valence-electron chi connectivity index (χ1n) is 9.61. The summed E-state index contributed by atoms with van der Waals surface area (Å²) in [6.45, 7) is 2.66. The summed E-state index contributed by atoms with van der Waals surface area (Å²) in [5, 5.41) is 7.12. The second kappa shape index (κ2) is 10.7. The van der Waals surface area contributed by atoms with E-state index in [1.54, 1.807) is 19.0 Å². The van der Waals surface area contributed by atoms with Crippen molar-refractivity contribution in [1.29, 1.82) is 0 Å². The van der Waals surface area contributed by atoms with Gasteiger partial charge in [-0.2, -0.15) is 13.2 Å². The predicted molar refractivity (Wildman–Crippen MR) is 102 cm³/mol. The van der Waals surface area contributed by atoms with Gasteiger partial charge in [0.2, 0.25) is 5.91 Å². The SMILES string of the molecule is CN(C)C(=O)CO[C@H]1CN(Cc2ccccc2)[C@@H]2CCCO[C@H]12.O=C(O)C(F)(F)F. The van der Waals surface area contributed by atoms with Gasteiger partial charge >= 0.3 is 12.1 Å². The Balaban J connectivity index is 0.000000396. The summed E-state index contributed by atoms with van der Waals surface area (Å²) in [5.41, 5.74) is 1.31. The van der Waals surface area contributed by atoms with Crippen LogP contribution in [0.15, 0.2) is 30.3 Å². The molecule has 10 heteroatoms. The van der Waals surface area contributed by atoms with Crippen LogP contribution in [-0.2, 0) is 25.6 Å². The Labute approximate surface area is 173 Å². The number of likely N-dealkylation sites (N-methyl/N-ethyl adjacent to an activating group) is 1. The molecule has 1 aromatic carbocycles. The number of carboxylic acids is 1. The average Bonchev–Trinajstić information content (AvgIpc) is 3.04. The Hall–Kier alpha value is -2.17. The number of ether oxygens (including phenoxy) is 2. The lowest BCUT2D eigenvalue weighted by atomic mass is 10.0. The molecule has 2 aliphatic heterocycles. The van der Waals surface area contributed by atoms with Crippen molar-refractivity contribution in [1.82, 2.24) is 9.80 Å². The van der Waals surface area contributed by atoms with E-state index in [-0.39, 0.29) is 24.7 Å². The second-order valence-electron chi connectivity index (χ2n) is 7.40. The monoisotopic (exact) mass is 432 g/mol. The van der Waals surface area contributed by atoms with Gasteiger partial charge in [0.1, 0.15) is 12.7 Å². The summed E-state index contributed by atoms with van der Waals surface area (Å²) in [7, 11) is 3.50. The third-order valence-electron chi connectivity index (χ3n) is 4.97. The van der Waals surface area contributed by atoms with E-state index in [2.05, 4.69) is 29.2 Å². The van der Waals surface area contributed by atoms with E-state index in [0.717, 1.165) is 32.5 Å². The number of carboxylic acid groups (broad SMARTS) is 1. The summed E-state index contributed by atoms with van der Waals surface area (Å²) in [5.74, 6) is -2.76. The van der Waals surface area contributed by atoms with Crippen molar-refractivity contribution in [3.63, 3.8) is 0 Å². The smallest absolute Gasteiger partial charge is 0.475 e. The predicted octanol–water partition coefficient (Wildman–Crippen LogP) is 2.16. The molecule has 2 fully saturated rings. The molecule has 0 saturated carbocycles. The molecule has 0 aliphatic carbocycles. The van der Waals surface area contributed by atoms with Gasteiger partial charge in [-0.15, -0.1) is 0 Å². The van der Waals surface area contributed by atoms with Gasteiger partial charge in [-0.3, -0.25) is 9.69 Å². The quantitative estimate of drug-likeness (QED) is 0.768. The largest absolute Gasteiger partial charge is 0.490 e. The summed E-state index contributed by atoms with van der Waals surface area (Å²) in [4.78, 5) is 24.7. The van der Waals surface area contributed by atoms with E-state index in [9.17, 15) is 18.0 Å². The fourth-order valence-electron chi connectivity index (χ4n) is 3.46. The number of benzene rings is 1. The Bertz CT molecular complexity index is 699. The number of rotatable bonds is 5. The molecule has 2 aliphatic rings. The minimum absolute atomic E-state index is 0.00105. The van der Waals surface area contributed by atoms with Crippen LogP contribution in [0.4, 0.5) is 13.2 Å². The van der Waals surface area contributed by atoms with Crippen LogP contribution in [0.25, 0.3) is 0 Å². The van der Waals surface area contributed by atoms with Gasteiger partial charge in [-0.05, 0) is 18.4 Å². The van der Waals surface area contributed by atoms with Gasteiger partial charge in [0.25, 0.3) is 0 Å². The van der Waals surface area contributed by atoms with Crippen molar-refractivity contribution in [3.05, 3.63) is 35.9 Å². The molecular formula is C20H27F3N2O5. The molecule has 0 radical (unpaired) electrons. The Morgan fingerprint density at radius 2 is 1.90 bits per heavy atom. The molecule has 1 amide bonds. The lowest BCUT2D eigenvalue weighted by Gasteiger charge is -2.32. The van der Waals surface area contributed by atoms with Gasteiger partial charge in [-0.1, -0.05) is 30.3 Å². The van der Waals surface area contributed by atoms with Crippen molar-refractivity contribution >= 4 is 11.9 Å². The maximum Gasteiger partial charge on any atom is 0.490 e. The first-order chi connectivity index (χ1) is 14.1. The van der Waals surface area contributed by atoms with E-state index < -0.39 is 12.1 Å². The third-order valence-corrected chi connectivity index (χ3v) is 4.97. The minimum atomic E-state index is -5.08. The molecule has 0 aromatic heterocycles. The minimum Gasteiger partial charge on any atom is -0.475 e. The van der Waals surface area contributed by atoms with Crippen molar-refractivity contribution < 1.29 is 37.3 Å². The molecule has 1 aromatic rings. The molecule has 0 bridgehead atoms. The number of amides is 1. The number of carbonyl (C=O) groups excluding carboxylic acids is 1. The Morgan fingerprint density at radius 1 is 1.27 bits per heavy atom. The highest BCUT2D eigenvalue weighted by molar-refractivity contribution is 5.76. The molecule has 168 valence electrons. The molecule has 0 unspecified atom stereocenters. The lowest BCUT2D eigenvalue weighted by Crippen LogP contribution is -2.42. The average molecular weight is 432 g/mol. The zero-order valence-electron chi connectivity index (χ0n) is 17.0. The number of likely N-dealkylation sites (tertiary alicyclic amines) is 1. The van der Waals surface area contributed by atoms with Crippen LogP contribution in [0.2, 0.25) is 0 Å². The van der Waals surface area contributed by atoms with E-state index in [4.69, 9.17) is 19.4 Å². The molecule has 2 saturated heterocycles. The number of hydrogen-bond acceptors (Lipinski definition) is 5. The zero-order valence-corrected chi connectivity index (χ0v) is 17.0. The first-order valence-corrected chi connectivity index (χ1v) is 9.61. The van der Waals surface area contributed by atoms with E-state index in [1.807, 2.05) is 6.07 Å². The standard InChI is InChI=1S/C18H26N2O3.C2HF3O2/c1-19(2)17(21)13-23-16-12-20(11-14-7-4-3-5-8-14)15-9-6-10-22-18(15)16;3-2(4,5)1(6)7/h3-5,7-8,15-16,18H,6,9-13H2,1-2H3;(H,6,7)/t15-,16+,18+;/m1./s1. The number of nitrogens with zero attached hydrogens (tertiary/aromatic N) is 2. The molecule has 0 spiro atoms. The van der Waals surface area contributed by atoms with Crippen molar-refractivity contribution in [2.24, 2.45) is 0 Å². The van der Waals surface area contributed by atoms with Gasteiger partial charge in [0.15, 0.2) is 0 Å². The number of aliphatic carboxylic acids is 1. The van der Waals surface area contributed by atoms with E-state index in [0.29, 0.717) is 6.04 Å². The number of carbonyl (C=O) groups is 2. The highest BCUT2D eigenvalue weighted by Crippen LogP contribution is 2.31. The van der Waals surface area contributed by atoms with Gasteiger partial charge in [0, 0.05) is 39.8 Å². The molecule has 2 heterocycles. The number of alkyl halides is 3.